The van der Waals surface area contributed by atoms with Gasteiger partial charge >= 0.3 is 0 Å². The fourth-order valence-corrected chi connectivity index (χ4v) is 4.10. The van der Waals surface area contributed by atoms with E-state index >= 15 is 0 Å². The molecule has 1 fully saturated rings. The smallest absolute Gasteiger partial charge is 0.255 e. The highest BCUT2D eigenvalue weighted by molar-refractivity contribution is 7.72. The Balaban J connectivity index is 1.50. The summed E-state index contributed by atoms with van der Waals surface area (Å²) < 4.78 is 2.56. The van der Waals surface area contributed by atoms with Crippen LogP contribution in [0.15, 0.2) is 48.5 Å². The second-order valence-electron chi connectivity index (χ2n) is 7.94. The Labute approximate surface area is 183 Å². The van der Waals surface area contributed by atoms with Crippen molar-refractivity contribution in [2.45, 2.75) is 26.3 Å². The molecule has 3 aromatic rings. The van der Waals surface area contributed by atoms with Crippen molar-refractivity contribution in [1.82, 2.24) is 20.1 Å². The second kappa shape index (κ2) is 7.66. The van der Waals surface area contributed by atoms with Crippen molar-refractivity contribution in [2.75, 3.05) is 5.32 Å². The number of carbonyl (C=O) groups excluding carboxylic acids is 2. The first-order chi connectivity index (χ1) is 14.2. The van der Waals surface area contributed by atoms with E-state index in [1.165, 1.54) is 0 Å². The van der Waals surface area contributed by atoms with Gasteiger partial charge in [-0.15, -0.1) is 0 Å². The molecule has 154 valence electrons. The first kappa shape index (κ1) is 20.2. The lowest BCUT2D eigenvalue weighted by atomic mass is 9.88. The zero-order chi connectivity index (χ0) is 21.5. The average molecular weight is 440 g/mol. The molecule has 1 aliphatic heterocycles. The van der Waals surface area contributed by atoms with Crippen LogP contribution in [0.5, 0.6) is 0 Å². The van der Waals surface area contributed by atoms with Crippen molar-refractivity contribution in [3.63, 3.8) is 0 Å². The summed E-state index contributed by atoms with van der Waals surface area (Å²) in [6.07, 6.45) is 0.730. The number of benzene rings is 2. The van der Waals surface area contributed by atoms with Gasteiger partial charge in [-0.2, -0.15) is 0 Å². The van der Waals surface area contributed by atoms with Gasteiger partial charge in [0, 0.05) is 16.7 Å². The fraction of sp³-hybridized carbons (Fsp3) is 0.238. The maximum Gasteiger partial charge on any atom is 0.255 e. The number of nitrogens with one attached hydrogen (secondary N) is 4. The van der Waals surface area contributed by atoms with Gasteiger partial charge in [0.25, 0.3) is 5.91 Å². The van der Waals surface area contributed by atoms with Crippen molar-refractivity contribution in [3.05, 3.63) is 69.2 Å². The Morgan fingerprint density at radius 2 is 1.77 bits per heavy atom. The van der Waals surface area contributed by atoms with E-state index in [0.29, 0.717) is 20.8 Å². The number of H-pyrrole nitrogens is 2. The van der Waals surface area contributed by atoms with Gasteiger partial charge in [-0.05, 0) is 66.8 Å². The summed E-state index contributed by atoms with van der Waals surface area (Å²) >= 11 is 10.5. The molecule has 1 unspecified atom stereocenters. The minimum absolute atomic E-state index is 0.0309. The van der Waals surface area contributed by atoms with Gasteiger partial charge in [0.2, 0.25) is 5.91 Å². The van der Waals surface area contributed by atoms with E-state index < -0.39 is 0 Å². The predicted octanol–water partition coefficient (Wildman–Crippen LogP) is 4.43. The molecular formula is C21H21N5O2S2. The van der Waals surface area contributed by atoms with Crippen LogP contribution in [0.25, 0.3) is 5.69 Å². The number of aromatic nitrogens is 3. The number of hydrogen-bond acceptors (Lipinski definition) is 4. The van der Waals surface area contributed by atoms with Gasteiger partial charge in [-0.3, -0.25) is 24.4 Å². The number of carbonyl (C=O) groups is 2. The molecule has 2 amide bonds. The average Bonchev–Trinajstić information content (AvgIpc) is 3.19. The van der Waals surface area contributed by atoms with E-state index in [9.17, 15) is 9.59 Å². The lowest BCUT2D eigenvalue weighted by Crippen LogP contribution is -2.25. The lowest BCUT2D eigenvalue weighted by molar-refractivity contribution is -0.126. The van der Waals surface area contributed by atoms with Crippen LogP contribution in [0, 0.1) is 15.0 Å². The largest absolute Gasteiger partial charge is 0.349 e. The minimum Gasteiger partial charge on any atom is -0.349 e. The summed E-state index contributed by atoms with van der Waals surface area (Å²) in [5, 5.41) is 11.5. The van der Waals surface area contributed by atoms with Crippen LogP contribution >= 0.6 is 24.4 Å². The molecule has 4 N–H and O–H groups in total. The van der Waals surface area contributed by atoms with Gasteiger partial charge in [-0.1, -0.05) is 32.0 Å². The Morgan fingerprint density at radius 3 is 2.37 bits per heavy atom. The summed E-state index contributed by atoms with van der Waals surface area (Å²) in [6.45, 7) is 3.87. The first-order valence-electron chi connectivity index (χ1n) is 9.47. The molecule has 30 heavy (non-hydrogen) atoms. The number of hydrogen-bond donors (Lipinski definition) is 4. The molecule has 1 atom stereocenters. The molecule has 0 radical (unpaired) electrons. The Hall–Kier alpha value is -3.04. The quantitative estimate of drug-likeness (QED) is 0.452. The van der Waals surface area contributed by atoms with E-state index in [-0.39, 0.29) is 23.3 Å². The number of nitrogens with zero attached hydrogens (tertiary/aromatic N) is 1. The Morgan fingerprint density at radius 1 is 1.10 bits per heavy atom. The monoisotopic (exact) mass is 439 g/mol. The third-order valence-electron chi connectivity index (χ3n) is 5.25. The SMILES string of the molecule is CC1(C)CC(c2ccc(C(=O)Nc3cccc(-n4c(=S)[nH][nH]c4=S)c3)cc2)NC1=O. The van der Waals surface area contributed by atoms with Crippen molar-refractivity contribution < 1.29 is 9.59 Å². The van der Waals surface area contributed by atoms with E-state index in [4.69, 9.17) is 24.4 Å². The van der Waals surface area contributed by atoms with E-state index in [2.05, 4.69) is 20.8 Å². The molecule has 7 nitrogen and oxygen atoms in total. The number of amides is 2. The number of aromatic amines is 2. The van der Waals surface area contributed by atoms with Crippen LogP contribution in [0.4, 0.5) is 5.69 Å². The van der Waals surface area contributed by atoms with Crippen LogP contribution < -0.4 is 10.6 Å². The molecule has 0 aliphatic carbocycles. The molecule has 2 heterocycles. The molecule has 0 bridgehead atoms. The molecular weight excluding hydrogens is 418 g/mol. The maximum atomic E-state index is 12.7. The molecule has 4 rings (SSSR count). The van der Waals surface area contributed by atoms with E-state index in [1.807, 2.05) is 38.1 Å². The lowest BCUT2D eigenvalue weighted by Gasteiger charge is -2.13. The summed E-state index contributed by atoms with van der Waals surface area (Å²) in [5.74, 6) is -0.172. The van der Waals surface area contributed by atoms with Gasteiger partial charge in [0.05, 0.1) is 11.7 Å². The molecule has 0 spiro atoms. The van der Waals surface area contributed by atoms with Gasteiger partial charge in [-0.25, -0.2) is 0 Å². The standard InChI is InChI=1S/C21H21N5O2S2/c1-21(2)11-16(23-18(21)28)12-6-8-13(9-7-12)17(27)22-14-4-3-5-15(10-14)26-19(29)24-25-20(26)30/h3-10,16H,11H2,1-2H3,(H,22,27)(H,23,28)(H,24,29)(H,25,30). The highest BCUT2D eigenvalue weighted by Crippen LogP contribution is 2.36. The Kier molecular flexibility index (Phi) is 5.17. The van der Waals surface area contributed by atoms with Crippen LogP contribution in [0.2, 0.25) is 0 Å². The summed E-state index contributed by atoms with van der Waals surface area (Å²) in [5.41, 5.74) is 2.52. The normalized spacial score (nSPS) is 17.5. The van der Waals surface area contributed by atoms with Crippen molar-refractivity contribution >= 4 is 41.9 Å². The predicted molar refractivity (Wildman–Crippen MR) is 120 cm³/mol. The van der Waals surface area contributed by atoms with E-state index in [1.54, 1.807) is 28.8 Å². The molecule has 1 saturated heterocycles. The summed E-state index contributed by atoms with van der Waals surface area (Å²) in [4.78, 5) is 24.7. The third kappa shape index (κ3) is 3.86. The summed E-state index contributed by atoms with van der Waals surface area (Å²) in [6, 6.07) is 14.6. The minimum atomic E-state index is -0.378. The van der Waals surface area contributed by atoms with Crippen LogP contribution in [0.1, 0.15) is 42.2 Å². The van der Waals surface area contributed by atoms with Crippen LogP contribution in [0.3, 0.4) is 0 Å². The highest BCUT2D eigenvalue weighted by Gasteiger charge is 2.39. The molecule has 1 aliphatic rings. The fourth-order valence-electron chi connectivity index (χ4n) is 3.55. The topological polar surface area (TPSA) is 94.7 Å². The van der Waals surface area contributed by atoms with Crippen LogP contribution in [-0.4, -0.2) is 26.6 Å². The molecule has 9 heteroatoms. The number of anilines is 1. The van der Waals surface area contributed by atoms with Crippen molar-refractivity contribution in [1.29, 1.82) is 0 Å². The molecule has 0 saturated carbocycles. The summed E-state index contributed by atoms with van der Waals surface area (Å²) in [7, 11) is 0. The van der Waals surface area contributed by atoms with Crippen LogP contribution in [-0.2, 0) is 4.79 Å². The maximum absolute atomic E-state index is 12.7. The Bertz CT molecular complexity index is 1210. The van der Waals surface area contributed by atoms with Crippen molar-refractivity contribution in [3.8, 4) is 5.69 Å². The van der Waals surface area contributed by atoms with Crippen molar-refractivity contribution in [2.24, 2.45) is 5.41 Å². The molecule has 2 aromatic carbocycles. The third-order valence-corrected chi connectivity index (χ3v) is 5.82. The second-order valence-corrected chi connectivity index (χ2v) is 8.71. The zero-order valence-electron chi connectivity index (χ0n) is 16.5. The van der Waals surface area contributed by atoms with Gasteiger partial charge in [0.1, 0.15) is 0 Å². The number of rotatable bonds is 4. The zero-order valence-corrected chi connectivity index (χ0v) is 18.1. The first-order valence-corrected chi connectivity index (χ1v) is 10.3. The van der Waals surface area contributed by atoms with E-state index in [0.717, 1.165) is 17.7 Å². The molecule has 1 aromatic heterocycles. The van der Waals surface area contributed by atoms with Gasteiger partial charge in [0.15, 0.2) is 9.54 Å². The van der Waals surface area contributed by atoms with Gasteiger partial charge < -0.3 is 10.6 Å². The highest BCUT2D eigenvalue weighted by atomic mass is 32.1.